The second-order valence-electron chi connectivity index (χ2n) is 6.05. The van der Waals surface area contributed by atoms with Gasteiger partial charge in [0.2, 0.25) is 0 Å². The number of aromatic nitrogens is 1. The first kappa shape index (κ1) is 16.3. The normalized spacial score (nSPS) is 16.8. The predicted molar refractivity (Wildman–Crippen MR) is 99.4 cm³/mol. The van der Waals surface area contributed by atoms with E-state index in [-0.39, 0.29) is 0 Å². The molecule has 0 spiro atoms. The molecule has 1 atom stereocenters. The summed E-state index contributed by atoms with van der Waals surface area (Å²) in [4.78, 5) is 11.1. The van der Waals surface area contributed by atoms with E-state index in [0.29, 0.717) is 12.6 Å². The zero-order valence-electron chi connectivity index (χ0n) is 14.4. The summed E-state index contributed by atoms with van der Waals surface area (Å²) in [7, 11) is 1.79. The quantitative estimate of drug-likeness (QED) is 0.654. The summed E-state index contributed by atoms with van der Waals surface area (Å²) in [6.07, 6.45) is 2.93. The monoisotopic (exact) mass is 323 g/mol. The van der Waals surface area contributed by atoms with Crippen LogP contribution in [0.15, 0.2) is 53.7 Å². The molecule has 126 valence electrons. The minimum atomic E-state index is 0.549. The van der Waals surface area contributed by atoms with E-state index in [1.165, 1.54) is 11.3 Å². The summed E-state index contributed by atoms with van der Waals surface area (Å²) in [6.45, 7) is 4.76. The molecule has 1 aliphatic rings. The molecular formula is C19H25N5. The number of hydrogen-bond donors (Lipinski definition) is 2. The summed E-state index contributed by atoms with van der Waals surface area (Å²) >= 11 is 0. The van der Waals surface area contributed by atoms with Gasteiger partial charge in [0.1, 0.15) is 0 Å². The summed E-state index contributed by atoms with van der Waals surface area (Å²) < 4.78 is 0. The summed E-state index contributed by atoms with van der Waals surface area (Å²) in [5, 5.41) is 6.69. The maximum atomic E-state index is 4.31. The van der Waals surface area contributed by atoms with Gasteiger partial charge in [0, 0.05) is 38.1 Å². The van der Waals surface area contributed by atoms with E-state index in [9.17, 15) is 0 Å². The van der Waals surface area contributed by atoms with Gasteiger partial charge in [0.15, 0.2) is 5.96 Å². The molecule has 1 unspecified atom stereocenters. The fourth-order valence-corrected chi connectivity index (χ4v) is 3.16. The lowest BCUT2D eigenvalue weighted by atomic mass is 10.1. The smallest absolute Gasteiger partial charge is 0.191 e. The number of fused-ring (bicyclic) bond motifs is 1. The molecule has 2 aromatic rings. The van der Waals surface area contributed by atoms with Crippen molar-refractivity contribution >= 4 is 11.6 Å². The first-order valence-electron chi connectivity index (χ1n) is 8.47. The van der Waals surface area contributed by atoms with E-state index in [1.807, 2.05) is 18.2 Å². The number of aliphatic imine (C=N–C) groups is 1. The molecular weight excluding hydrogens is 298 g/mol. The second-order valence-corrected chi connectivity index (χ2v) is 6.05. The van der Waals surface area contributed by atoms with Crippen LogP contribution in [0.1, 0.15) is 18.2 Å². The molecule has 0 radical (unpaired) electrons. The van der Waals surface area contributed by atoms with Crippen molar-refractivity contribution in [1.82, 2.24) is 15.6 Å². The van der Waals surface area contributed by atoms with Crippen LogP contribution in [-0.2, 0) is 13.0 Å². The third-order valence-electron chi connectivity index (χ3n) is 4.38. The number of pyridine rings is 1. The summed E-state index contributed by atoms with van der Waals surface area (Å²) in [5.41, 5.74) is 3.81. The number of benzene rings is 1. The highest BCUT2D eigenvalue weighted by Crippen LogP contribution is 2.31. The van der Waals surface area contributed by atoms with Crippen molar-refractivity contribution in [3.8, 4) is 0 Å². The molecule has 1 aromatic carbocycles. The summed E-state index contributed by atoms with van der Waals surface area (Å²) in [5.74, 6) is 0.806. The van der Waals surface area contributed by atoms with Crippen molar-refractivity contribution in [2.45, 2.75) is 25.9 Å². The zero-order chi connectivity index (χ0) is 16.8. The van der Waals surface area contributed by atoms with Gasteiger partial charge in [-0.2, -0.15) is 0 Å². The topological polar surface area (TPSA) is 52.6 Å². The lowest BCUT2D eigenvalue weighted by molar-refractivity contribution is 0.656. The van der Waals surface area contributed by atoms with Gasteiger partial charge in [-0.3, -0.25) is 9.98 Å². The molecule has 3 rings (SSSR count). The van der Waals surface area contributed by atoms with Crippen molar-refractivity contribution in [2.75, 3.05) is 25.0 Å². The molecule has 2 N–H and O–H groups in total. The largest absolute Gasteiger partial charge is 0.367 e. The van der Waals surface area contributed by atoms with Crippen molar-refractivity contribution in [1.29, 1.82) is 0 Å². The molecule has 1 aromatic heterocycles. The number of hydrogen-bond acceptors (Lipinski definition) is 3. The first-order chi connectivity index (χ1) is 11.8. The Balaban J connectivity index is 1.48. The van der Waals surface area contributed by atoms with Crippen molar-refractivity contribution in [2.24, 2.45) is 4.99 Å². The molecule has 24 heavy (non-hydrogen) atoms. The predicted octanol–water partition coefficient (Wildman–Crippen LogP) is 2.20. The molecule has 0 aliphatic carbocycles. The number of rotatable bonds is 5. The summed E-state index contributed by atoms with van der Waals surface area (Å²) in [6, 6.07) is 15.1. The van der Waals surface area contributed by atoms with Crippen LogP contribution in [0, 0.1) is 0 Å². The fraction of sp³-hybridized carbons (Fsp3) is 0.368. The Morgan fingerprint density at radius 3 is 2.83 bits per heavy atom. The number of para-hydroxylation sites is 1. The first-order valence-corrected chi connectivity index (χ1v) is 8.47. The minimum Gasteiger partial charge on any atom is -0.367 e. The van der Waals surface area contributed by atoms with Gasteiger partial charge in [-0.1, -0.05) is 24.3 Å². The molecule has 5 heteroatoms. The van der Waals surface area contributed by atoms with E-state index in [0.717, 1.165) is 31.2 Å². The molecule has 0 fully saturated rings. The molecule has 0 amide bonds. The average Bonchev–Trinajstić information content (AvgIpc) is 2.94. The molecule has 1 aliphatic heterocycles. The van der Waals surface area contributed by atoms with Gasteiger partial charge >= 0.3 is 0 Å². The maximum absolute atomic E-state index is 4.31. The number of anilines is 1. The molecule has 5 nitrogen and oxygen atoms in total. The second kappa shape index (κ2) is 7.81. The van der Waals surface area contributed by atoms with Gasteiger partial charge in [0.05, 0.1) is 12.2 Å². The van der Waals surface area contributed by atoms with Gasteiger partial charge in [-0.05, 0) is 37.1 Å². The number of nitrogens with one attached hydrogen (secondary N) is 2. The van der Waals surface area contributed by atoms with E-state index in [1.54, 1.807) is 13.2 Å². The highest BCUT2D eigenvalue weighted by molar-refractivity contribution is 5.79. The average molecular weight is 323 g/mol. The third kappa shape index (κ3) is 3.85. The van der Waals surface area contributed by atoms with Crippen LogP contribution in [0.5, 0.6) is 0 Å². The molecule has 0 saturated heterocycles. The Morgan fingerprint density at radius 2 is 2.04 bits per heavy atom. The van der Waals surface area contributed by atoms with E-state index in [2.05, 4.69) is 56.7 Å². The maximum Gasteiger partial charge on any atom is 0.191 e. The highest BCUT2D eigenvalue weighted by atomic mass is 15.2. The SMILES string of the molecule is CN=C(NCCN1c2ccccc2CC1C)NCc1ccccn1. The Morgan fingerprint density at radius 1 is 1.21 bits per heavy atom. The Kier molecular flexibility index (Phi) is 5.31. The molecule has 2 heterocycles. The van der Waals surface area contributed by atoms with E-state index >= 15 is 0 Å². The lowest BCUT2D eigenvalue weighted by Crippen LogP contribution is -2.42. The van der Waals surface area contributed by atoms with Crippen LogP contribution < -0.4 is 15.5 Å². The number of nitrogens with zero attached hydrogens (tertiary/aromatic N) is 3. The Labute approximate surface area is 143 Å². The lowest BCUT2D eigenvalue weighted by Gasteiger charge is -2.25. The van der Waals surface area contributed by atoms with Crippen LogP contribution in [0.3, 0.4) is 0 Å². The zero-order valence-corrected chi connectivity index (χ0v) is 14.4. The van der Waals surface area contributed by atoms with Gasteiger partial charge in [-0.15, -0.1) is 0 Å². The van der Waals surface area contributed by atoms with Crippen LogP contribution in [0.4, 0.5) is 5.69 Å². The van der Waals surface area contributed by atoms with Crippen LogP contribution >= 0.6 is 0 Å². The van der Waals surface area contributed by atoms with Crippen molar-refractivity contribution in [3.63, 3.8) is 0 Å². The van der Waals surface area contributed by atoms with Gasteiger partial charge in [-0.25, -0.2) is 0 Å². The molecule has 0 saturated carbocycles. The van der Waals surface area contributed by atoms with E-state index in [4.69, 9.17) is 0 Å². The standard InChI is InChI=1S/C19H25N5/c1-15-13-16-7-3-4-9-18(16)24(15)12-11-22-19(20-2)23-14-17-8-5-6-10-21-17/h3-10,15H,11-14H2,1-2H3,(H2,20,22,23). The van der Waals surface area contributed by atoms with Gasteiger partial charge in [0.25, 0.3) is 0 Å². The van der Waals surface area contributed by atoms with Crippen LogP contribution in [0.25, 0.3) is 0 Å². The van der Waals surface area contributed by atoms with Crippen molar-refractivity contribution in [3.05, 3.63) is 59.9 Å². The van der Waals surface area contributed by atoms with Crippen LogP contribution in [-0.4, -0.2) is 37.1 Å². The Hall–Kier alpha value is -2.56. The number of guanidine groups is 1. The highest BCUT2D eigenvalue weighted by Gasteiger charge is 2.24. The minimum absolute atomic E-state index is 0.549. The van der Waals surface area contributed by atoms with E-state index < -0.39 is 0 Å². The molecule has 0 bridgehead atoms. The Bertz CT molecular complexity index is 683. The van der Waals surface area contributed by atoms with Crippen LogP contribution in [0.2, 0.25) is 0 Å². The van der Waals surface area contributed by atoms with Crippen molar-refractivity contribution < 1.29 is 0 Å². The third-order valence-corrected chi connectivity index (χ3v) is 4.38. The fourth-order valence-electron chi connectivity index (χ4n) is 3.16. The van der Waals surface area contributed by atoms with Gasteiger partial charge < -0.3 is 15.5 Å².